The number of halogens is 1. The molecule has 2 amide bonds. The molecule has 2 aromatic carbocycles. The van der Waals surface area contributed by atoms with Gasteiger partial charge in [0.2, 0.25) is 0 Å². The van der Waals surface area contributed by atoms with Crippen molar-refractivity contribution in [1.82, 2.24) is 9.80 Å². The van der Waals surface area contributed by atoms with Gasteiger partial charge in [-0.25, -0.2) is 0 Å². The number of carbonyl (C=O) groups excluding carboxylic acids is 2. The number of anilines is 2. The molecule has 2 fully saturated rings. The van der Waals surface area contributed by atoms with E-state index in [-0.39, 0.29) is 18.0 Å². The Kier molecular flexibility index (Phi) is 4.82. The first-order valence-electron chi connectivity index (χ1n) is 10.5. The van der Waals surface area contributed by atoms with E-state index in [1.807, 2.05) is 53.2 Å². The van der Waals surface area contributed by atoms with Crippen molar-refractivity contribution in [2.24, 2.45) is 0 Å². The molecule has 3 aliphatic heterocycles. The Morgan fingerprint density at radius 1 is 1.03 bits per heavy atom. The summed E-state index contributed by atoms with van der Waals surface area (Å²) in [5, 5.41) is 0.722. The molecule has 0 N–H and O–H groups in total. The summed E-state index contributed by atoms with van der Waals surface area (Å²) < 4.78 is 0. The van der Waals surface area contributed by atoms with Crippen LogP contribution in [0.5, 0.6) is 0 Å². The van der Waals surface area contributed by atoms with Crippen molar-refractivity contribution in [1.29, 1.82) is 0 Å². The molecule has 0 aliphatic carbocycles. The van der Waals surface area contributed by atoms with Crippen LogP contribution in [0.1, 0.15) is 33.6 Å². The Morgan fingerprint density at radius 3 is 2.60 bits per heavy atom. The number of hydrogen-bond acceptors (Lipinski definition) is 4. The van der Waals surface area contributed by atoms with Gasteiger partial charge in [0.1, 0.15) is 6.17 Å². The average molecular weight is 425 g/mol. The van der Waals surface area contributed by atoms with Crippen LogP contribution in [0.25, 0.3) is 0 Å². The predicted octanol–water partition coefficient (Wildman–Crippen LogP) is 3.31. The lowest BCUT2D eigenvalue weighted by atomic mass is 10.0. The molecule has 0 bridgehead atoms. The largest absolute Gasteiger partial charge is 0.368 e. The van der Waals surface area contributed by atoms with E-state index >= 15 is 0 Å². The fourth-order valence-corrected chi connectivity index (χ4v) is 5.05. The van der Waals surface area contributed by atoms with Crippen molar-refractivity contribution < 1.29 is 9.59 Å². The molecular weight excluding hydrogens is 400 g/mol. The lowest BCUT2D eigenvalue weighted by Gasteiger charge is -2.40. The van der Waals surface area contributed by atoms with Crippen molar-refractivity contribution in [2.75, 3.05) is 49.6 Å². The molecule has 30 heavy (non-hydrogen) atoms. The summed E-state index contributed by atoms with van der Waals surface area (Å²) >= 11 is 6.11. The van der Waals surface area contributed by atoms with Crippen LogP contribution in [-0.2, 0) is 0 Å². The van der Waals surface area contributed by atoms with Crippen LogP contribution >= 0.6 is 11.6 Å². The average Bonchev–Trinajstić information content (AvgIpc) is 3.27. The maximum Gasteiger partial charge on any atom is 0.257 e. The third-order valence-electron chi connectivity index (χ3n) is 6.52. The molecule has 0 spiro atoms. The Hall–Kier alpha value is -2.73. The topological polar surface area (TPSA) is 47.1 Å². The van der Waals surface area contributed by atoms with Gasteiger partial charge in [0.15, 0.2) is 0 Å². The number of rotatable bonds is 2. The van der Waals surface area contributed by atoms with Gasteiger partial charge in [-0.05, 0) is 49.2 Å². The molecule has 156 valence electrons. The van der Waals surface area contributed by atoms with Crippen molar-refractivity contribution in [3.63, 3.8) is 0 Å². The second-order valence-corrected chi connectivity index (χ2v) is 8.66. The van der Waals surface area contributed by atoms with Gasteiger partial charge in [0.05, 0.1) is 11.3 Å². The molecule has 3 heterocycles. The zero-order valence-corrected chi connectivity index (χ0v) is 17.8. The third-order valence-corrected chi connectivity index (χ3v) is 6.76. The number of fused-ring (bicyclic) bond motifs is 2. The minimum atomic E-state index is 0.0262. The molecule has 5 rings (SSSR count). The van der Waals surface area contributed by atoms with E-state index in [1.165, 1.54) is 0 Å². The maximum absolute atomic E-state index is 13.2. The Labute approximate surface area is 181 Å². The second-order valence-electron chi connectivity index (χ2n) is 8.22. The summed E-state index contributed by atoms with van der Waals surface area (Å²) in [4.78, 5) is 34.2. The molecule has 0 aromatic heterocycles. The van der Waals surface area contributed by atoms with E-state index in [9.17, 15) is 9.59 Å². The summed E-state index contributed by atoms with van der Waals surface area (Å²) in [5.74, 6) is 0.109. The summed E-state index contributed by atoms with van der Waals surface area (Å²) in [6.45, 7) is 3.67. The van der Waals surface area contributed by atoms with Crippen LogP contribution in [0, 0.1) is 0 Å². The van der Waals surface area contributed by atoms with Crippen LogP contribution in [0.2, 0.25) is 5.02 Å². The standard InChI is InChI=1S/C23H25ClN4O2/c1-25-20-14-16(7-8-19(20)23(30)28-9-3-6-21(25)28)22(29)27-12-10-26(11-13-27)18-5-2-4-17(24)15-18/h2,4-5,7-8,14-15,21H,3,6,9-13H2,1H3. The highest BCUT2D eigenvalue weighted by molar-refractivity contribution is 6.30. The van der Waals surface area contributed by atoms with Gasteiger partial charge < -0.3 is 19.6 Å². The lowest BCUT2D eigenvalue weighted by molar-refractivity contribution is 0.0713. The molecule has 2 saturated heterocycles. The van der Waals surface area contributed by atoms with Gasteiger partial charge in [-0.15, -0.1) is 0 Å². The quantitative estimate of drug-likeness (QED) is 0.742. The fraction of sp³-hybridized carbons (Fsp3) is 0.391. The van der Waals surface area contributed by atoms with E-state index < -0.39 is 0 Å². The van der Waals surface area contributed by atoms with Gasteiger partial charge in [-0.1, -0.05) is 17.7 Å². The van der Waals surface area contributed by atoms with E-state index in [0.29, 0.717) is 24.2 Å². The first-order chi connectivity index (χ1) is 14.5. The highest BCUT2D eigenvalue weighted by Gasteiger charge is 2.39. The van der Waals surface area contributed by atoms with Crippen LogP contribution in [0.4, 0.5) is 11.4 Å². The Morgan fingerprint density at radius 2 is 1.83 bits per heavy atom. The molecule has 7 heteroatoms. The molecule has 2 aromatic rings. The number of benzene rings is 2. The molecule has 1 atom stereocenters. The first-order valence-corrected chi connectivity index (χ1v) is 10.9. The number of amides is 2. The highest BCUT2D eigenvalue weighted by atomic mass is 35.5. The summed E-state index contributed by atoms with van der Waals surface area (Å²) in [7, 11) is 2.02. The second kappa shape index (κ2) is 7.51. The normalized spacial score (nSPS) is 21.0. The lowest BCUT2D eigenvalue weighted by Crippen LogP contribution is -2.50. The molecule has 0 saturated carbocycles. The van der Waals surface area contributed by atoms with Crippen molar-refractivity contribution in [2.45, 2.75) is 19.0 Å². The van der Waals surface area contributed by atoms with Gasteiger partial charge >= 0.3 is 0 Å². The minimum Gasteiger partial charge on any atom is -0.368 e. The van der Waals surface area contributed by atoms with Crippen LogP contribution in [0.3, 0.4) is 0 Å². The van der Waals surface area contributed by atoms with Gasteiger partial charge in [-0.3, -0.25) is 9.59 Å². The smallest absolute Gasteiger partial charge is 0.257 e. The van der Waals surface area contributed by atoms with Gasteiger partial charge in [-0.2, -0.15) is 0 Å². The molecule has 1 unspecified atom stereocenters. The Balaban J connectivity index is 1.32. The maximum atomic E-state index is 13.2. The van der Waals surface area contributed by atoms with Crippen LogP contribution in [0.15, 0.2) is 42.5 Å². The van der Waals surface area contributed by atoms with E-state index in [4.69, 9.17) is 11.6 Å². The zero-order chi connectivity index (χ0) is 20.8. The van der Waals surface area contributed by atoms with Gasteiger partial charge in [0, 0.05) is 56.0 Å². The SMILES string of the molecule is CN1c2cc(C(=O)N3CCN(c4cccc(Cl)c4)CC3)ccc2C(=O)N2CCCC21. The minimum absolute atomic E-state index is 0.0262. The van der Waals surface area contributed by atoms with Gasteiger partial charge in [0.25, 0.3) is 11.8 Å². The number of nitrogens with zero attached hydrogens (tertiary/aromatic N) is 4. The fourth-order valence-electron chi connectivity index (χ4n) is 4.86. The summed E-state index contributed by atoms with van der Waals surface area (Å²) in [6.07, 6.45) is 2.11. The van der Waals surface area contributed by atoms with Crippen LogP contribution < -0.4 is 9.80 Å². The monoisotopic (exact) mass is 424 g/mol. The Bertz CT molecular complexity index is 1000. The third kappa shape index (κ3) is 3.19. The first kappa shape index (κ1) is 19.2. The highest BCUT2D eigenvalue weighted by Crippen LogP contribution is 2.35. The zero-order valence-electron chi connectivity index (χ0n) is 17.1. The van der Waals surface area contributed by atoms with Crippen molar-refractivity contribution in [3.05, 3.63) is 58.6 Å². The number of piperazine rings is 1. The number of carbonyl (C=O) groups is 2. The molecule has 3 aliphatic rings. The molecular formula is C23H25ClN4O2. The summed E-state index contributed by atoms with van der Waals surface area (Å²) in [5.41, 5.74) is 3.30. The molecule has 6 nitrogen and oxygen atoms in total. The van der Waals surface area contributed by atoms with Crippen molar-refractivity contribution in [3.8, 4) is 0 Å². The van der Waals surface area contributed by atoms with E-state index in [0.717, 1.165) is 48.9 Å². The van der Waals surface area contributed by atoms with E-state index in [1.54, 1.807) is 6.07 Å². The number of hydrogen-bond donors (Lipinski definition) is 0. The predicted molar refractivity (Wildman–Crippen MR) is 118 cm³/mol. The van der Waals surface area contributed by atoms with E-state index in [2.05, 4.69) is 9.80 Å². The van der Waals surface area contributed by atoms with Crippen LogP contribution in [-0.4, -0.2) is 67.6 Å². The van der Waals surface area contributed by atoms with Crippen molar-refractivity contribution >= 4 is 34.8 Å². The molecule has 0 radical (unpaired) electrons. The summed E-state index contributed by atoms with van der Waals surface area (Å²) in [6, 6.07) is 13.3.